The molecule has 1 aliphatic heterocycles. The van der Waals surface area contributed by atoms with Crippen LogP contribution in [-0.4, -0.2) is 51.8 Å². The molecule has 4 rings (SSSR count). The molecule has 2 heterocycles. The van der Waals surface area contributed by atoms with Crippen LogP contribution in [0, 0.1) is 0 Å². The summed E-state index contributed by atoms with van der Waals surface area (Å²) in [4.78, 5) is 17.3. The summed E-state index contributed by atoms with van der Waals surface area (Å²) < 4.78 is 1.70. The van der Waals surface area contributed by atoms with Gasteiger partial charge in [-0.1, -0.05) is 42.5 Å². The number of benzene rings is 2. The fraction of sp³-hybridized carbons (Fsp3) is 0.292. The van der Waals surface area contributed by atoms with Gasteiger partial charge in [-0.05, 0) is 42.3 Å². The highest BCUT2D eigenvalue weighted by atomic mass is 16.3. The number of rotatable bonds is 5. The lowest BCUT2D eigenvalue weighted by Gasteiger charge is -2.36. The summed E-state index contributed by atoms with van der Waals surface area (Å²) >= 11 is 0. The zero-order chi connectivity index (χ0) is 21.1. The largest absolute Gasteiger partial charge is 0.392 e. The molecule has 1 fully saturated rings. The van der Waals surface area contributed by atoms with Crippen LogP contribution in [0.1, 0.15) is 29.2 Å². The molecule has 156 valence electrons. The number of amides is 1. The van der Waals surface area contributed by atoms with Crippen LogP contribution < -0.4 is 4.90 Å². The molecule has 0 saturated carbocycles. The lowest BCUT2D eigenvalue weighted by molar-refractivity contribution is 0.0699. The Morgan fingerprint density at radius 1 is 0.967 bits per heavy atom. The summed E-state index contributed by atoms with van der Waals surface area (Å²) in [5.74, 6) is -0.0677. The smallest absolute Gasteiger partial charge is 0.270 e. The van der Waals surface area contributed by atoms with E-state index in [1.807, 2.05) is 65.6 Å². The van der Waals surface area contributed by atoms with Crippen LogP contribution in [0.15, 0.2) is 66.7 Å². The maximum Gasteiger partial charge on any atom is 0.270 e. The predicted octanol–water partition coefficient (Wildman–Crippen LogP) is 3.12. The minimum Gasteiger partial charge on any atom is -0.392 e. The Labute approximate surface area is 176 Å². The summed E-state index contributed by atoms with van der Waals surface area (Å²) in [6, 6.07) is 21.3. The molecule has 1 aromatic heterocycles. The summed E-state index contributed by atoms with van der Waals surface area (Å²) in [5, 5.41) is 19.7. The zero-order valence-electron chi connectivity index (χ0n) is 17.1. The molecule has 0 radical (unpaired) electrons. The molecule has 1 aliphatic rings. The summed E-state index contributed by atoms with van der Waals surface area (Å²) in [6.45, 7) is 4.35. The van der Waals surface area contributed by atoms with E-state index in [1.165, 1.54) is 0 Å². The molecular weight excluding hydrogens is 378 g/mol. The first-order valence-corrected chi connectivity index (χ1v) is 10.3. The minimum atomic E-state index is -0.809. The Balaban J connectivity index is 1.51. The quantitative estimate of drug-likeness (QED) is 0.684. The highest BCUT2D eigenvalue weighted by Gasteiger charge is 2.26. The maximum atomic E-state index is 13.3. The molecule has 0 spiro atoms. The van der Waals surface area contributed by atoms with E-state index in [-0.39, 0.29) is 12.5 Å². The number of aliphatic hydroxyl groups is 2. The predicted molar refractivity (Wildman–Crippen MR) is 117 cm³/mol. The molecule has 1 saturated heterocycles. The van der Waals surface area contributed by atoms with Gasteiger partial charge >= 0.3 is 0 Å². The first-order valence-electron chi connectivity index (χ1n) is 10.3. The van der Waals surface area contributed by atoms with E-state index in [0.29, 0.717) is 18.8 Å². The fourth-order valence-corrected chi connectivity index (χ4v) is 4.05. The van der Waals surface area contributed by atoms with Crippen molar-refractivity contribution in [1.29, 1.82) is 0 Å². The van der Waals surface area contributed by atoms with Gasteiger partial charge < -0.3 is 24.6 Å². The van der Waals surface area contributed by atoms with Crippen LogP contribution >= 0.6 is 0 Å². The first-order chi connectivity index (χ1) is 14.6. The number of hydrogen-bond donors (Lipinski definition) is 2. The van der Waals surface area contributed by atoms with Crippen molar-refractivity contribution in [3.63, 3.8) is 0 Å². The molecule has 6 heteroatoms. The normalized spacial score (nSPS) is 15.3. The van der Waals surface area contributed by atoms with Gasteiger partial charge in [0.2, 0.25) is 0 Å². The van der Waals surface area contributed by atoms with Crippen molar-refractivity contribution < 1.29 is 15.0 Å². The van der Waals surface area contributed by atoms with Gasteiger partial charge in [0, 0.05) is 31.9 Å². The second kappa shape index (κ2) is 8.73. The minimum absolute atomic E-state index is 0.0202. The molecule has 1 amide bonds. The average molecular weight is 405 g/mol. The molecule has 2 N–H and O–H groups in total. The van der Waals surface area contributed by atoms with Crippen molar-refractivity contribution in [2.45, 2.75) is 19.8 Å². The SMILES string of the molecule is CC(O)n1c(C(=O)N2CCN(c3cccc(CO)c3)CC2)ccc1-c1ccccc1. The number of aromatic nitrogens is 1. The molecule has 2 aromatic carbocycles. The van der Waals surface area contributed by atoms with Gasteiger partial charge in [0.1, 0.15) is 11.9 Å². The average Bonchev–Trinajstić information content (AvgIpc) is 3.25. The van der Waals surface area contributed by atoms with E-state index in [9.17, 15) is 15.0 Å². The van der Waals surface area contributed by atoms with Gasteiger partial charge in [0.05, 0.1) is 12.3 Å². The number of carbonyl (C=O) groups excluding carboxylic acids is 1. The first kappa shape index (κ1) is 20.2. The second-order valence-electron chi connectivity index (χ2n) is 7.58. The van der Waals surface area contributed by atoms with E-state index in [1.54, 1.807) is 17.6 Å². The van der Waals surface area contributed by atoms with Crippen molar-refractivity contribution in [3.05, 3.63) is 78.0 Å². The molecule has 3 aromatic rings. The van der Waals surface area contributed by atoms with Crippen molar-refractivity contribution in [2.24, 2.45) is 0 Å². The van der Waals surface area contributed by atoms with Crippen LogP contribution in [0.5, 0.6) is 0 Å². The van der Waals surface area contributed by atoms with Gasteiger partial charge in [0.15, 0.2) is 0 Å². The third kappa shape index (κ3) is 3.97. The van der Waals surface area contributed by atoms with E-state index in [0.717, 1.165) is 35.6 Å². The van der Waals surface area contributed by atoms with E-state index in [4.69, 9.17) is 0 Å². The highest BCUT2D eigenvalue weighted by Crippen LogP contribution is 2.27. The van der Waals surface area contributed by atoms with Gasteiger partial charge in [-0.25, -0.2) is 0 Å². The van der Waals surface area contributed by atoms with Crippen molar-refractivity contribution in [2.75, 3.05) is 31.1 Å². The number of anilines is 1. The van der Waals surface area contributed by atoms with Gasteiger partial charge in [0.25, 0.3) is 5.91 Å². The fourth-order valence-electron chi connectivity index (χ4n) is 4.05. The van der Waals surface area contributed by atoms with Gasteiger partial charge in [-0.3, -0.25) is 4.79 Å². The second-order valence-corrected chi connectivity index (χ2v) is 7.58. The van der Waals surface area contributed by atoms with Crippen LogP contribution in [0.3, 0.4) is 0 Å². The van der Waals surface area contributed by atoms with Crippen LogP contribution in [0.25, 0.3) is 11.3 Å². The third-order valence-electron chi connectivity index (χ3n) is 5.61. The van der Waals surface area contributed by atoms with Crippen molar-refractivity contribution in [1.82, 2.24) is 9.47 Å². The van der Waals surface area contributed by atoms with Gasteiger partial charge in [-0.15, -0.1) is 0 Å². The third-order valence-corrected chi connectivity index (χ3v) is 5.61. The zero-order valence-corrected chi connectivity index (χ0v) is 17.1. The van der Waals surface area contributed by atoms with Crippen LogP contribution in [0.2, 0.25) is 0 Å². The summed E-state index contributed by atoms with van der Waals surface area (Å²) in [7, 11) is 0. The van der Waals surface area contributed by atoms with Crippen molar-refractivity contribution >= 4 is 11.6 Å². The topological polar surface area (TPSA) is 68.9 Å². The molecule has 30 heavy (non-hydrogen) atoms. The Hall–Kier alpha value is -3.09. The highest BCUT2D eigenvalue weighted by molar-refractivity contribution is 5.94. The Kier molecular flexibility index (Phi) is 5.88. The molecule has 1 unspecified atom stereocenters. The monoisotopic (exact) mass is 405 g/mol. The number of aliphatic hydroxyl groups excluding tert-OH is 2. The lowest BCUT2D eigenvalue weighted by Crippen LogP contribution is -2.49. The van der Waals surface area contributed by atoms with Crippen LogP contribution in [-0.2, 0) is 6.61 Å². The van der Waals surface area contributed by atoms with E-state index in [2.05, 4.69) is 4.90 Å². The molecule has 6 nitrogen and oxygen atoms in total. The molecule has 0 aliphatic carbocycles. The lowest BCUT2D eigenvalue weighted by atomic mass is 10.1. The number of hydrogen-bond acceptors (Lipinski definition) is 4. The van der Waals surface area contributed by atoms with Crippen LogP contribution in [0.4, 0.5) is 5.69 Å². The number of nitrogens with zero attached hydrogens (tertiary/aromatic N) is 3. The maximum absolute atomic E-state index is 13.3. The van der Waals surface area contributed by atoms with Crippen molar-refractivity contribution in [3.8, 4) is 11.3 Å². The number of piperazine rings is 1. The summed E-state index contributed by atoms with van der Waals surface area (Å²) in [5.41, 5.74) is 4.24. The van der Waals surface area contributed by atoms with E-state index >= 15 is 0 Å². The molecule has 1 atom stereocenters. The molecule has 0 bridgehead atoms. The Morgan fingerprint density at radius 2 is 1.70 bits per heavy atom. The Morgan fingerprint density at radius 3 is 2.37 bits per heavy atom. The molecular formula is C24H27N3O3. The standard InChI is InChI=1S/C24H27N3O3/c1-18(29)27-22(20-7-3-2-4-8-20)10-11-23(27)24(30)26-14-12-25(13-15-26)21-9-5-6-19(16-21)17-28/h2-11,16,18,28-29H,12-15,17H2,1H3. The Bertz CT molecular complexity index is 1010. The number of carbonyl (C=O) groups is 1. The van der Waals surface area contributed by atoms with Gasteiger partial charge in [-0.2, -0.15) is 0 Å². The van der Waals surface area contributed by atoms with E-state index < -0.39 is 6.23 Å². The summed E-state index contributed by atoms with van der Waals surface area (Å²) in [6.07, 6.45) is -0.809.